The molecule has 2 aromatic rings. The Labute approximate surface area is 195 Å². The third-order valence-electron chi connectivity index (χ3n) is 5.27. The van der Waals surface area contributed by atoms with Crippen LogP contribution in [0.25, 0.3) is 0 Å². The minimum absolute atomic E-state index is 0. The molecule has 0 atom stereocenters. The standard InChI is InChI=1S/C21H32FN7.HI/c1-3-27-12-14-28(15-13-27)20-7-6-18(16-19(20)22)17-25-21(23-2)24-8-4-10-29-11-5-9-26-29;/h5-7,9,11,16H,3-4,8,10,12-15,17H2,1-2H3,(H2,23,24,25);1H. The molecule has 0 bridgehead atoms. The van der Waals surface area contributed by atoms with Gasteiger partial charge in [-0.15, -0.1) is 24.0 Å². The number of benzene rings is 1. The molecule has 3 rings (SSSR count). The van der Waals surface area contributed by atoms with Crippen LogP contribution < -0.4 is 15.5 Å². The maximum atomic E-state index is 14.7. The summed E-state index contributed by atoms with van der Waals surface area (Å²) in [5, 5.41) is 10.7. The first-order valence-corrected chi connectivity index (χ1v) is 10.4. The Balaban J connectivity index is 0.00000320. The summed E-state index contributed by atoms with van der Waals surface area (Å²) in [4.78, 5) is 8.76. The number of anilines is 1. The molecular weight excluding hydrogens is 496 g/mol. The van der Waals surface area contributed by atoms with Crippen molar-refractivity contribution in [2.45, 2.75) is 26.4 Å². The SMILES string of the molecule is CCN1CCN(c2ccc(CNC(=NC)NCCCn3cccn3)cc2F)CC1.I. The normalized spacial score (nSPS) is 15.0. The molecule has 1 aliphatic rings. The number of hydrogen-bond acceptors (Lipinski definition) is 4. The summed E-state index contributed by atoms with van der Waals surface area (Å²) in [5.74, 6) is 0.557. The summed E-state index contributed by atoms with van der Waals surface area (Å²) in [6, 6.07) is 7.43. The highest BCUT2D eigenvalue weighted by atomic mass is 127. The number of aliphatic imine (C=N–C) groups is 1. The minimum atomic E-state index is -0.156. The number of guanidine groups is 1. The van der Waals surface area contributed by atoms with Gasteiger partial charge in [0.05, 0.1) is 5.69 Å². The van der Waals surface area contributed by atoms with Crippen molar-refractivity contribution in [3.63, 3.8) is 0 Å². The van der Waals surface area contributed by atoms with Crippen LogP contribution in [0.4, 0.5) is 10.1 Å². The molecule has 0 radical (unpaired) electrons. The maximum Gasteiger partial charge on any atom is 0.191 e. The predicted octanol–water partition coefficient (Wildman–Crippen LogP) is 2.54. The smallest absolute Gasteiger partial charge is 0.191 e. The van der Waals surface area contributed by atoms with Crippen LogP contribution in [0.2, 0.25) is 0 Å². The van der Waals surface area contributed by atoms with Crippen molar-refractivity contribution in [3.8, 4) is 0 Å². The van der Waals surface area contributed by atoms with Gasteiger partial charge in [-0.3, -0.25) is 9.67 Å². The van der Waals surface area contributed by atoms with Gasteiger partial charge in [0.25, 0.3) is 0 Å². The Hall–Kier alpha value is -1.88. The summed E-state index contributed by atoms with van der Waals surface area (Å²) in [6.45, 7) is 9.12. The quantitative estimate of drug-likeness (QED) is 0.238. The fourth-order valence-corrected chi connectivity index (χ4v) is 3.51. The van der Waals surface area contributed by atoms with E-state index in [1.807, 2.05) is 29.1 Å². The van der Waals surface area contributed by atoms with Crippen molar-refractivity contribution in [3.05, 3.63) is 48.0 Å². The number of piperazine rings is 1. The van der Waals surface area contributed by atoms with Crippen LogP contribution in [-0.2, 0) is 13.1 Å². The van der Waals surface area contributed by atoms with Crippen LogP contribution >= 0.6 is 24.0 Å². The Morgan fingerprint density at radius 3 is 2.63 bits per heavy atom. The third kappa shape index (κ3) is 7.12. The Kier molecular flexibility index (Phi) is 10.4. The van der Waals surface area contributed by atoms with Crippen LogP contribution in [0.5, 0.6) is 0 Å². The third-order valence-corrected chi connectivity index (χ3v) is 5.27. The molecule has 0 spiro atoms. The number of likely N-dealkylation sites (N-methyl/N-ethyl adjacent to an activating group) is 1. The highest BCUT2D eigenvalue weighted by Crippen LogP contribution is 2.22. The number of halogens is 2. The summed E-state index contributed by atoms with van der Waals surface area (Å²) in [6.07, 6.45) is 4.68. The average molecular weight is 529 g/mol. The van der Waals surface area contributed by atoms with Crippen molar-refractivity contribution in [1.29, 1.82) is 0 Å². The molecule has 0 aliphatic carbocycles. The van der Waals surface area contributed by atoms with Gasteiger partial charge < -0.3 is 20.4 Å². The van der Waals surface area contributed by atoms with Crippen LogP contribution in [-0.4, -0.2) is 67.0 Å². The number of nitrogens with one attached hydrogen (secondary N) is 2. The lowest BCUT2D eigenvalue weighted by molar-refractivity contribution is 0.270. The molecule has 1 aromatic carbocycles. The van der Waals surface area contributed by atoms with E-state index in [4.69, 9.17) is 0 Å². The molecule has 1 aromatic heterocycles. The number of aromatic nitrogens is 2. The number of aryl methyl sites for hydroxylation is 1. The second-order valence-corrected chi connectivity index (χ2v) is 7.18. The van der Waals surface area contributed by atoms with E-state index >= 15 is 0 Å². The molecule has 0 saturated carbocycles. The van der Waals surface area contributed by atoms with E-state index in [-0.39, 0.29) is 29.8 Å². The van der Waals surface area contributed by atoms with E-state index in [1.54, 1.807) is 19.3 Å². The number of rotatable bonds is 8. The van der Waals surface area contributed by atoms with Crippen molar-refractivity contribution < 1.29 is 4.39 Å². The van der Waals surface area contributed by atoms with Crippen LogP contribution in [0.15, 0.2) is 41.7 Å². The topological polar surface area (TPSA) is 60.7 Å². The molecule has 2 heterocycles. The van der Waals surface area contributed by atoms with Gasteiger partial charge in [-0.1, -0.05) is 13.0 Å². The monoisotopic (exact) mass is 529 g/mol. The molecule has 0 unspecified atom stereocenters. The highest BCUT2D eigenvalue weighted by molar-refractivity contribution is 14.0. The first kappa shape index (κ1) is 24.4. The highest BCUT2D eigenvalue weighted by Gasteiger charge is 2.18. The zero-order chi connectivity index (χ0) is 20.5. The predicted molar refractivity (Wildman–Crippen MR) is 131 cm³/mol. The summed E-state index contributed by atoms with van der Waals surface area (Å²) in [7, 11) is 1.74. The van der Waals surface area contributed by atoms with Gasteiger partial charge in [0.1, 0.15) is 5.82 Å². The summed E-state index contributed by atoms with van der Waals surface area (Å²) < 4.78 is 16.6. The summed E-state index contributed by atoms with van der Waals surface area (Å²) in [5.41, 5.74) is 1.60. The molecular formula is C21H33FIN7. The van der Waals surface area contributed by atoms with E-state index in [1.165, 1.54) is 0 Å². The zero-order valence-electron chi connectivity index (χ0n) is 17.9. The van der Waals surface area contributed by atoms with Crippen molar-refractivity contribution >= 4 is 35.6 Å². The molecule has 166 valence electrons. The second-order valence-electron chi connectivity index (χ2n) is 7.18. The molecule has 1 aliphatic heterocycles. The van der Waals surface area contributed by atoms with Crippen molar-refractivity contribution in [1.82, 2.24) is 25.3 Å². The van der Waals surface area contributed by atoms with Gasteiger partial charge in [0.15, 0.2) is 5.96 Å². The molecule has 1 saturated heterocycles. The van der Waals surface area contributed by atoms with Crippen LogP contribution in [0, 0.1) is 5.82 Å². The molecule has 2 N–H and O–H groups in total. The fourth-order valence-electron chi connectivity index (χ4n) is 3.51. The minimum Gasteiger partial charge on any atom is -0.367 e. The van der Waals surface area contributed by atoms with Gasteiger partial charge in [0.2, 0.25) is 0 Å². The summed E-state index contributed by atoms with van der Waals surface area (Å²) >= 11 is 0. The van der Waals surface area contributed by atoms with Crippen molar-refractivity contribution in [2.24, 2.45) is 4.99 Å². The first-order chi connectivity index (χ1) is 14.2. The lowest BCUT2D eigenvalue weighted by atomic mass is 10.1. The second kappa shape index (κ2) is 12.7. The van der Waals surface area contributed by atoms with E-state index in [0.29, 0.717) is 18.2 Å². The van der Waals surface area contributed by atoms with Gasteiger partial charge in [0, 0.05) is 65.3 Å². The van der Waals surface area contributed by atoms with Crippen LogP contribution in [0.3, 0.4) is 0 Å². The van der Waals surface area contributed by atoms with Gasteiger partial charge in [-0.25, -0.2) is 4.39 Å². The van der Waals surface area contributed by atoms with E-state index in [9.17, 15) is 4.39 Å². The van der Waals surface area contributed by atoms with E-state index in [2.05, 4.69) is 37.4 Å². The number of hydrogen-bond donors (Lipinski definition) is 2. The first-order valence-electron chi connectivity index (χ1n) is 10.4. The van der Waals surface area contributed by atoms with Gasteiger partial charge >= 0.3 is 0 Å². The molecule has 30 heavy (non-hydrogen) atoms. The maximum absolute atomic E-state index is 14.7. The fraction of sp³-hybridized carbons (Fsp3) is 0.524. The van der Waals surface area contributed by atoms with E-state index < -0.39 is 0 Å². The Morgan fingerprint density at radius 1 is 1.20 bits per heavy atom. The molecule has 7 nitrogen and oxygen atoms in total. The van der Waals surface area contributed by atoms with Gasteiger partial charge in [-0.2, -0.15) is 5.10 Å². The Morgan fingerprint density at radius 2 is 2.00 bits per heavy atom. The lowest BCUT2D eigenvalue weighted by Gasteiger charge is -2.35. The van der Waals surface area contributed by atoms with E-state index in [0.717, 1.165) is 57.8 Å². The number of nitrogens with zero attached hydrogens (tertiary/aromatic N) is 5. The average Bonchev–Trinajstić information content (AvgIpc) is 3.27. The lowest BCUT2D eigenvalue weighted by Crippen LogP contribution is -2.46. The van der Waals surface area contributed by atoms with Crippen LogP contribution in [0.1, 0.15) is 18.9 Å². The molecule has 9 heteroatoms. The Bertz CT molecular complexity index is 774. The molecule has 0 amide bonds. The molecule has 1 fully saturated rings. The van der Waals surface area contributed by atoms with Crippen molar-refractivity contribution in [2.75, 3.05) is 51.2 Å². The van der Waals surface area contributed by atoms with Gasteiger partial charge in [-0.05, 0) is 36.7 Å². The largest absolute Gasteiger partial charge is 0.367 e. The zero-order valence-corrected chi connectivity index (χ0v) is 20.2.